The summed E-state index contributed by atoms with van der Waals surface area (Å²) in [5.41, 5.74) is 4.54. The molecule has 0 aromatic heterocycles. The topological polar surface area (TPSA) is 61.4 Å². The fourth-order valence-corrected chi connectivity index (χ4v) is 3.77. The van der Waals surface area contributed by atoms with Gasteiger partial charge in [0.15, 0.2) is 0 Å². The van der Waals surface area contributed by atoms with Gasteiger partial charge in [0.25, 0.3) is 0 Å². The van der Waals surface area contributed by atoms with Crippen LogP contribution in [-0.4, -0.2) is 30.9 Å². The summed E-state index contributed by atoms with van der Waals surface area (Å²) in [6, 6.07) is 5.66. The lowest BCUT2D eigenvalue weighted by Gasteiger charge is -2.18. The number of carbonyl (C=O) groups excluding carboxylic acids is 2. The van der Waals surface area contributed by atoms with E-state index in [2.05, 4.69) is 22.8 Å². The van der Waals surface area contributed by atoms with Gasteiger partial charge < -0.3 is 15.5 Å². The third-order valence-electron chi connectivity index (χ3n) is 5.26. The van der Waals surface area contributed by atoms with Crippen LogP contribution < -0.4 is 15.5 Å². The van der Waals surface area contributed by atoms with E-state index in [9.17, 15) is 9.59 Å². The number of benzene rings is 1. The summed E-state index contributed by atoms with van der Waals surface area (Å²) in [6.45, 7) is 4.91. The van der Waals surface area contributed by atoms with E-state index in [-0.39, 0.29) is 17.9 Å². The number of fused-ring (bicyclic) bond motifs is 1. The van der Waals surface area contributed by atoms with Gasteiger partial charge in [0.2, 0.25) is 11.8 Å². The van der Waals surface area contributed by atoms with Crippen molar-refractivity contribution in [2.24, 2.45) is 0 Å². The molecule has 3 rings (SSSR count). The fraction of sp³-hybridized carbons (Fsp3) is 0.524. The number of nitrogens with zero attached hydrogens (tertiary/aromatic N) is 1. The molecule has 26 heavy (non-hydrogen) atoms. The highest BCUT2D eigenvalue weighted by atomic mass is 16.2. The number of anilines is 2. The summed E-state index contributed by atoms with van der Waals surface area (Å²) in [5, 5.41) is 6.30. The van der Waals surface area contributed by atoms with Crippen molar-refractivity contribution in [1.29, 1.82) is 0 Å². The molecule has 140 valence electrons. The van der Waals surface area contributed by atoms with Crippen LogP contribution in [-0.2, 0) is 16.0 Å². The van der Waals surface area contributed by atoms with Gasteiger partial charge in [-0.25, -0.2) is 0 Å². The summed E-state index contributed by atoms with van der Waals surface area (Å²) in [5.74, 6) is 0.0950. The molecule has 2 N–H and O–H groups in total. The van der Waals surface area contributed by atoms with E-state index in [0.29, 0.717) is 6.54 Å². The third-order valence-corrected chi connectivity index (χ3v) is 5.26. The van der Waals surface area contributed by atoms with E-state index < -0.39 is 0 Å². The van der Waals surface area contributed by atoms with E-state index >= 15 is 0 Å². The lowest BCUT2D eigenvalue weighted by Crippen LogP contribution is -2.38. The molecule has 2 amide bonds. The summed E-state index contributed by atoms with van der Waals surface area (Å²) >= 11 is 0. The van der Waals surface area contributed by atoms with E-state index in [1.807, 2.05) is 19.1 Å². The quantitative estimate of drug-likeness (QED) is 0.769. The Labute approximate surface area is 155 Å². The van der Waals surface area contributed by atoms with Gasteiger partial charge in [0.1, 0.15) is 6.04 Å². The lowest BCUT2D eigenvalue weighted by atomic mass is 9.97. The molecule has 5 nitrogen and oxygen atoms in total. The predicted octanol–water partition coefficient (Wildman–Crippen LogP) is 3.40. The zero-order valence-electron chi connectivity index (χ0n) is 15.8. The largest absolute Gasteiger partial charge is 0.374 e. The minimum absolute atomic E-state index is 0.0206. The number of hydrogen-bond donors (Lipinski definition) is 2. The van der Waals surface area contributed by atoms with Crippen molar-refractivity contribution in [2.75, 3.05) is 23.3 Å². The number of hydrogen-bond acceptors (Lipinski definition) is 3. The van der Waals surface area contributed by atoms with Crippen molar-refractivity contribution < 1.29 is 9.59 Å². The zero-order chi connectivity index (χ0) is 18.5. The maximum absolute atomic E-state index is 12.3. The first-order valence-electron chi connectivity index (χ1n) is 9.68. The molecule has 0 spiro atoms. The Bertz CT molecular complexity index is 711. The van der Waals surface area contributed by atoms with Crippen LogP contribution in [0.4, 0.5) is 11.4 Å². The molecule has 1 aliphatic carbocycles. The molecule has 5 heteroatoms. The van der Waals surface area contributed by atoms with Gasteiger partial charge in [-0.15, -0.1) is 0 Å². The SMILES string of the molecule is CC(=O)N1CCc2cc(N[C@@H](C)C(=O)NCCC3=CCCCC3)ccc21. The highest BCUT2D eigenvalue weighted by molar-refractivity contribution is 5.94. The van der Waals surface area contributed by atoms with Crippen LogP contribution in [0.1, 0.15) is 51.5 Å². The van der Waals surface area contributed by atoms with Gasteiger partial charge in [-0.3, -0.25) is 9.59 Å². The van der Waals surface area contributed by atoms with Crippen LogP contribution in [0, 0.1) is 0 Å². The van der Waals surface area contributed by atoms with Gasteiger partial charge in [0, 0.05) is 31.4 Å². The average molecular weight is 355 g/mol. The average Bonchev–Trinajstić information content (AvgIpc) is 3.06. The van der Waals surface area contributed by atoms with E-state index in [4.69, 9.17) is 0 Å². The van der Waals surface area contributed by atoms with Crippen molar-refractivity contribution in [3.8, 4) is 0 Å². The van der Waals surface area contributed by atoms with Gasteiger partial charge in [-0.2, -0.15) is 0 Å². The molecule has 1 aromatic rings. The number of amides is 2. The standard InChI is InChI=1S/C21H29N3O2/c1-15(21(26)22-12-10-17-6-4-3-5-7-17)23-19-8-9-20-18(14-19)11-13-24(20)16(2)25/h6,8-9,14-15,23H,3-5,7,10-13H2,1-2H3,(H,22,26)/t15-/m0/s1. The molecule has 1 atom stereocenters. The molecule has 0 radical (unpaired) electrons. The first-order chi connectivity index (χ1) is 12.5. The normalized spacial score (nSPS) is 17.3. The van der Waals surface area contributed by atoms with E-state index in [1.54, 1.807) is 11.8 Å². The highest BCUT2D eigenvalue weighted by Crippen LogP contribution is 2.30. The van der Waals surface area contributed by atoms with Gasteiger partial charge >= 0.3 is 0 Å². The lowest BCUT2D eigenvalue weighted by molar-refractivity contribution is -0.121. The Morgan fingerprint density at radius 2 is 2.08 bits per heavy atom. The summed E-state index contributed by atoms with van der Waals surface area (Å²) in [7, 11) is 0. The van der Waals surface area contributed by atoms with Crippen molar-refractivity contribution in [3.63, 3.8) is 0 Å². The Morgan fingerprint density at radius 3 is 2.81 bits per heavy atom. The second kappa shape index (κ2) is 8.39. The van der Waals surface area contributed by atoms with Crippen LogP contribution in [0.5, 0.6) is 0 Å². The van der Waals surface area contributed by atoms with Crippen LogP contribution in [0.2, 0.25) is 0 Å². The number of rotatable bonds is 6. The summed E-state index contributed by atoms with van der Waals surface area (Å²) < 4.78 is 0. The molecule has 2 aliphatic rings. The zero-order valence-corrected chi connectivity index (χ0v) is 15.8. The molecule has 0 saturated carbocycles. The van der Waals surface area contributed by atoms with Crippen LogP contribution >= 0.6 is 0 Å². The van der Waals surface area contributed by atoms with Gasteiger partial charge in [-0.05, 0) is 69.2 Å². The van der Waals surface area contributed by atoms with Crippen LogP contribution in [0.3, 0.4) is 0 Å². The maximum atomic E-state index is 12.3. The van der Waals surface area contributed by atoms with Crippen molar-refractivity contribution in [3.05, 3.63) is 35.4 Å². The molecule has 0 fully saturated rings. The fourth-order valence-electron chi connectivity index (χ4n) is 3.77. The highest BCUT2D eigenvalue weighted by Gasteiger charge is 2.22. The second-order valence-electron chi connectivity index (χ2n) is 7.28. The number of carbonyl (C=O) groups is 2. The molecule has 0 saturated heterocycles. The molecular weight excluding hydrogens is 326 g/mol. The van der Waals surface area contributed by atoms with Crippen molar-refractivity contribution >= 4 is 23.2 Å². The maximum Gasteiger partial charge on any atom is 0.242 e. The minimum atomic E-state index is -0.293. The summed E-state index contributed by atoms with van der Waals surface area (Å²) in [6.07, 6.45) is 9.07. The van der Waals surface area contributed by atoms with E-state index in [1.165, 1.54) is 31.3 Å². The molecule has 1 aliphatic heterocycles. The van der Waals surface area contributed by atoms with Crippen molar-refractivity contribution in [1.82, 2.24) is 5.32 Å². The molecule has 1 aromatic carbocycles. The number of allylic oxidation sites excluding steroid dienone is 1. The van der Waals surface area contributed by atoms with E-state index in [0.717, 1.165) is 36.3 Å². The molecule has 1 heterocycles. The second-order valence-corrected chi connectivity index (χ2v) is 7.28. The predicted molar refractivity (Wildman–Crippen MR) is 105 cm³/mol. The Morgan fingerprint density at radius 1 is 1.23 bits per heavy atom. The molecule has 0 bridgehead atoms. The Hall–Kier alpha value is -2.30. The Kier molecular flexibility index (Phi) is 5.96. The number of nitrogens with one attached hydrogen (secondary N) is 2. The van der Waals surface area contributed by atoms with Crippen LogP contribution in [0.25, 0.3) is 0 Å². The van der Waals surface area contributed by atoms with Crippen molar-refractivity contribution in [2.45, 2.75) is 58.4 Å². The van der Waals surface area contributed by atoms with Gasteiger partial charge in [0.05, 0.1) is 0 Å². The monoisotopic (exact) mass is 355 g/mol. The Balaban J connectivity index is 1.50. The first-order valence-corrected chi connectivity index (χ1v) is 9.68. The third kappa shape index (κ3) is 4.45. The van der Waals surface area contributed by atoms with Gasteiger partial charge in [-0.1, -0.05) is 11.6 Å². The molecular formula is C21H29N3O2. The minimum Gasteiger partial charge on any atom is -0.374 e. The molecule has 0 unspecified atom stereocenters. The smallest absolute Gasteiger partial charge is 0.242 e. The summed E-state index contributed by atoms with van der Waals surface area (Å²) in [4.78, 5) is 25.7. The first kappa shape index (κ1) is 18.5. The van der Waals surface area contributed by atoms with Crippen LogP contribution in [0.15, 0.2) is 29.8 Å².